The molecule has 0 radical (unpaired) electrons. The topological polar surface area (TPSA) is 3.24 Å². The van der Waals surface area contributed by atoms with Crippen LogP contribution in [0.5, 0.6) is 0 Å². The zero-order chi connectivity index (χ0) is 27.9. The molecule has 0 atom stereocenters. The average molecular weight is 601 g/mol. The van der Waals surface area contributed by atoms with Crippen molar-refractivity contribution < 1.29 is 0 Å². The minimum atomic E-state index is 0.319. The first-order valence-electron chi connectivity index (χ1n) is 14.3. The Morgan fingerprint density at radius 1 is 0.405 bits per heavy atom. The van der Waals surface area contributed by atoms with E-state index in [1.54, 1.807) is 0 Å². The summed E-state index contributed by atoms with van der Waals surface area (Å²) in [6, 6.07) is 59.5. The quantitative estimate of drug-likeness (QED) is 0.178. The summed E-state index contributed by atoms with van der Waals surface area (Å²) < 4.78 is 2.98. The molecule has 1 aromatic heterocycles. The Hall–Kier alpha value is -4.88. The third-order valence-corrected chi connectivity index (χ3v) is 10.6. The summed E-state index contributed by atoms with van der Waals surface area (Å²) in [5, 5.41) is 5.44. The molecule has 0 N–H and O–H groups in total. The summed E-state index contributed by atoms with van der Waals surface area (Å²) in [5.74, 6) is 0. The molecule has 8 rings (SSSR count). The second-order valence-electron chi connectivity index (χ2n) is 10.5. The molecule has 8 aromatic rings. The Bertz CT molecular complexity index is 2200. The van der Waals surface area contributed by atoms with Gasteiger partial charge in [0.2, 0.25) is 0 Å². The van der Waals surface area contributed by atoms with Gasteiger partial charge in [0.1, 0.15) is 0 Å². The molecule has 1 heterocycles. The molecule has 0 saturated carbocycles. The maximum atomic E-state index is 2.41. The number of fused-ring (bicyclic) bond motifs is 5. The van der Waals surface area contributed by atoms with Crippen LogP contribution >= 0.6 is 0 Å². The van der Waals surface area contributed by atoms with Crippen LogP contribution in [0.4, 0.5) is 17.1 Å². The van der Waals surface area contributed by atoms with Gasteiger partial charge in [0.15, 0.2) is 0 Å². The summed E-state index contributed by atoms with van der Waals surface area (Å²) in [6.45, 7) is 0. The van der Waals surface area contributed by atoms with Gasteiger partial charge in [-0.25, -0.2) is 0 Å². The van der Waals surface area contributed by atoms with Crippen molar-refractivity contribution in [2.75, 3.05) is 4.90 Å². The number of hydrogen-bond donors (Lipinski definition) is 0. The molecule has 0 aliphatic carbocycles. The van der Waals surface area contributed by atoms with Crippen molar-refractivity contribution in [3.8, 4) is 22.3 Å². The van der Waals surface area contributed by atoms with Gasteiger partial charge in [-0.05, 0) is 0 Å². The van der Waals surface area contributed by atoms with Gasteiger partial charge in [0.25, 0.3) is 0 Å². The third-order valence-electron chi connectivity index (χ3n) is 8.06. The van der Waals surface area contributed by atoms with E-state index in [9.17, 15) is 0 Å². The number of para-hydroxylation sites is 2. The van der Waals surface area contributed by atoms with Gasteiger partial charge >= 0.3 is 234 Å². The van der Waals surface area contributed by atoms with E-state index in [0.717, 1.165) is 17.1 Å². The molecule has 0 bridgehead atoms. The van der Waals surface area contributed by atoms with Crippen molar-refractivity contribution in [2.24, 2.45) is 0 Å². The van der Waals surface area contributed by atoms with Crippen molar-refractivity contribution >= 4 is 61.6 Å². The second kappa shape index (κ2) is 10.5. The maximum absolute atomic E-state index is 2.41. The minimum absolute atomic E-state index is 0.319. The van der Waals surface area contributed by atoms with Crippen LogP contribution in [0.15, 0.2) is 164 Å². The molecular weight excluding hydrogens is 573 g/mol. The Labute approximate surface area is 251 Å². The normalized spacial score (nSPS) is 11.3. The molecule has 0 fully saturated rings. The van der Waals surface area contributed by atoms with Crippen LogP contribution in [0, 0.1) is 0 Å². The van der Waals surface area contributed by atoms with Crippen molar-refractivity contribution in [3.05, 3.63) is 164 Å². The Morgan fingerprint density at radius 2 is 1.05 bits per heavy atom. The number of rotatable bonds is 5. The molecular formula is C40H27NSe. The number of hydrogen-bond acceptors (Lipinski definition) is 1. The van der Waals surface area contributed by atoms with Gasteiger partial charge in [-0.1, -0.05) is 18.2 Å². The van der Waals surface area contributed by atoms with Gasteiger partial charge in [0, 0.05) is 0 Å². The van der Waals surface area contributed by atoms with E-state index in [0.29, 0.717) is 14.5 Å². The summed E-state index contributed by atoms with van der Waals surface area (Å²) in [5.41, 5.74) is 8.32. The Balaban J connectivity index is 1.34. The molecule has 0 aliphatic rings. The molecule has 2 heteroatoms. The molecule has 198 valence electrons. The van der Waals surface area contributed by atoms with Crippen LogP contribution in [-0.2, 0) is 0 Å². The van der Waals surface area contributed by atoms with E-state index in [1.165, 1.54) is 52.3 Å². The average Bonchev–Trinajstić information content (AvgIpc) is 3.45. The molecule has 0 unspecified atom stereocenters. The van der Waals surface area contributed by atoms with Crippen LogP contribution in [-0.4, -0.2) is 14.5 Å². The predicted octanol–water partition coefficient (Wildman–Crippen LogP) is 11.0. The van der Waals surface area contributed by atoms with Gasteiger partial charge in [0.05, 0.1) is 0 Å². The molecule has 0 amide bonds. The van der Waals surface area contributed by atoms with Crippen molar-refractivity contribution in [1.29, 1.82) is 0 Å². The second-order valence-corrected chi connectivity index (χ2v) is 12.8. The van der Waals surface area contributed by atoms with E-state index in [1.807, 2.05) is 0 Å². The van der Waals surface area contributed by atoms with Crippen LogP contribution in [0.2, 0.25) is 0 Å². The van der Waals surface area contributed by atoms with Gasteiger partial charge in [-0.3, -0.25) is 0 Å². The standard InChI is InChI=1S/C40H27NSe/c1-3-13-28(14-4-1)32-17-7-8-18-34(32)35-19-9-11-21-38(35)41(30-15-5-2-6-16-30)31-24-26-33-29(27-31)23-25-37-36-20-10-12-22-39(36)42-40(33)37/h1-27H. The van der Waals surface area contributed by atoms with E-state index in [4.69, 9.17) is 0 Å². The number of nitrogens with zero attached hydrogens (tertiary/aromatic N) is 1. The molecule has 7 aromatic carbocycles. The van der Waals surface area contributed by atoms with Crippen molar-refractivity contribution in [1.82, 2.24) is 0 Å². The van der Waals surface area contributed by atoms with Crippen molar-refractivity contribution in [2.45, 2.75) is 0 Å². The minimum Gasteiger partial charge on any atom is -0.0617 e. The van der Waals surface area contributed by atoms with Crippen LogP contribution in [0.25, 0.3) is 52.3 Å². The summed E-state index contributed by atoms with van der Waals surface area (Å²) in [7, 11) is 0. The zero-order valence-electron chi connectivity index (χ0n) is 22.9. The SMILES string of the molecule is c1ccc(-c2ccccc2-c2ccccc2N(c2ccccc2)c2ccc3c(ccc4c5ccccc5[se]c34)c2)cc1. The monoisotopic (exact) mass is 601 g/mol. The fourth-order valence-electron chi connectivity index (χ4n) is 6.13. The molecule has 0 spiro atoms. The number of anilines is 3. The third kappa shape index (κ3) is 4.25. The van der Waals surface area contributed by atoms with Crippen LogP contribution in [0.1, 0.15) is 0 Å². The Morgan fingerprint density at radius 3 is 1.88 bits per heavy atom. The van der Waals surface area contributed by atoms with Gasteiger partial charge in [-0.2, -0.15) is 0 Å². The molecule has 1 nitrogen and oxygen atoms in total. The molecule has 0 aliphatic heterocycles. The molecule has 42 heavy (non-hydrogen) atoms. The van der Waals surface area contributed by atoms with E-state index >= 15 is 0 Å². The summed E-state index contributed by atoms with van der Waals surface area (Å²) in [6.07, 6.45) is 0. The molecule has 0 saturated heterocycles. The van der Waals surface area contributed by atoms with Crippen LogP contribution < -0.4 is 4.90 Å². The van der Waals surface area contributed by atoms with Gasteiger partial charge < -0.3 is 0 Å². The smallest absolute Gasteiger partial charge is 0.0617 e. The zero-order valence-corrected chi connectivity index (χ0v) is 24.7. The van der Waals surface area contributed by atoms with E-state index in [2.05, 4.69) is 169 Å². The van der Waals surface area contributed by atoms with E-state index in [-0.39, 0.29) is 0 Å². The predicted molar refractivity (Wildman–Crippen MR) is 181 cm³/mol. The summed E-state index contributed by atoms with van der Waals surface area (Å²) in [4.78, 5) is 2.41. The Kier molecular flexibility index (Phi) is 6.22. The van der Waals surface area contributed by atoms with Crippen molar-refractivity contribution in [3.63, 3.8) is 0 Å². The first-order valence-corrected chi connectivity index (χ1v) is 16.0. The van der Waals surface area contributed by atoms with Crippen LogP contribution in [0.3, 0.4) is 0 Å². The number of benzene rings is 7. The fraction of sp³-hybridized carbons (Fsp3) is 0. The van der Waals surface area contributed by atoms with Gasteiger partial charge in [-0.15, -0.1) is 0 Å². The summed E-state index contributed by atoms with van der Waals surface area (Å²) >= 11 is 0.319. The first-order chi connectivity index (χ1) is 20.8. The fourth-order valence-corrected chi connectivity index (χ4v) is 8.72. The van der Waals surface area contributed by atoms with E-state index < -0.39 is 0 Å². The first kappa shape index (κ1) is 24.9.